The van der Waals surface area contributed by atoms with Crippen LogP contribution >= 0.6 is 11.8 Å². The molecular weight excluding hydrogens is 342 g/mol. The lowest BCUT2D eigenvalue weighted by atomic mass is 9.84. The molecule has 0 saturated heterocycles. The van der Waals surface area contributed by atoms with Crippen molar-refractivity contribution in [1.82, 2.24) is 0 Å². The second-order valence-electron chi connectivity index (χ2n) is 6.77. The molecule has 0 radical (unpaired) electrons. The maximum absolute atomic E-state index is 11.8. The van der Waals surface area contributed by atoms with E-state index in [4.69, 9.17) is 0 Å². The normalized spacial score (nSPS) is 13.2. The van der Waals surface area contributed by atoms with Crippen LogP contribution in [-0.2, 0) is 11.2 Å². The standard InChI is InChI=1S/C22H27NO2S/c1-3-5-13-22(4-2,16-24)17-26-21-12-11-20(23-25)15-19(21)14-18-9-7-6-8-10-18/h6-12,15-16H,3-5,13-14,17H2,1-2H3. The molecule has 0 bridgehead atoms. The van der Waals surface area contributed by atoms with Gasteiger partial charge in [0.15, 0.2) is 0 Å². The van der Waals surface area contributed by atoms with Crippen LogP contribution in [0.4, 0.5) is 5.69 Å². The Labute approximate surface area is 160 Å². The van der Waals surface area contributed by atoms with E-state index in [9.17, 15) is 9.70 Å². The largest absolute Gasteiger partial charge is 0.303 e. The second-order valence-corrected chi connectivity index (χ2v) is 7.79. The number of aldehydes is 1. The first-order valence-corrected chi connectivity index (χ1v) is 10.2. The molecule has 0 spiro atoms. The van der Waals surface area contributed by atoms with Crippen LogP contribution in [0.15, 0.2) is 58.6 Å². The third-order valence-electron chi connectivity index (χ3n) is 4.88. The maximum Gasteiger partial charge on any atom is 0.126 e. The fourth-order valence-electron chi connectivity index (χ4n) is 2.99. The van der Waals surface area contributed by atoms with E-state index in [0.717, 1.165) is 54.6 Å². The predicted molar refractivity (Wildman–Crippen MR) is 110 cm³/mol. The van der Waals surface area contributed by atoms with Crippen LogP contribution in [0.5, 0.6) is 0 Å². The topological polar surface area (TPSA) is 46.5 Å². The van der Waals surface area contributed by atoms with Crippen molar-refractivity contribution >= 4 is 23.7 Å². The minimum Gasteiger partial charge on any atom is -0.303 e. The van der Waals surface area contributed by atoms with Crippen molar-refractivity contribution in [2.75, 3.05) is 5.75 Å². The SMILES string of the molecule is CCCCC(C=O)(CC)CSc1ccc(N=O)cc1Cc1ccccc1. The monoisotopic (exact) mass is 369 g/mol. The summed E-state index contributed by atoms with van der Waals surface area (Å²) in [5, 5.41) is 3.08. The Morgan fingerprint density at radius 3 is 2.50 bits per heavy atom. The van der Waals surface area contributed by atoms with E-state index < -0.39 is 0 Å². The summed E-state index contributed by atoms with van der Waals surface area (Å²) in [6, 6.07) is 15.8. The highest BCUT2D eigenvalue weighted by molar-refractivity contribution is 7.99. The molecule has 2 aromatic carbocycles. The van der Waals surface area contributed by atoms with Crippen molar-refractivity contribution in [3.8, 4) is 0 Å². The van der Waals surface area contributed by atoms with E-state index >= 15 is 0 Å². The van der Waals surface area contributed by atoms with Crippen LogP contribution in [0, 0.1) is 10.3 Å². The fraction of sp³-hybridized carbons (Fsp3) is 0.409. The van der Waals surface area contributed by atoms with Gasteiger partial charge in [-0.2, -0.15) is 0 Å². The number of carbonyl (C=O) groups is 1. The molecule has 0 N–H and O–H groups in total. The number of hydrogen-bond donors (Lipinski definition) is 0. The average Bonchev–Trinajstić information content (AvgIpc) is 2.70. The van der Waals surface area contributed by atoms with Gasteiger partial charge in [-0.05, 0) is 53.8 Å². The summed E-state index contributed by atoms with van der Waals surface area (Å²) in [4.78, 5) is 23.9. The van der Waals surface area contributed by atoms with Gasteiger partial charge in [0, 0.05) is 16.1 Å². The smallest absolute Gasteiger partial charge is 0.126 e. The first-order chi connectivity index (χ1) is 12.7. The highest BCUT2D eigenvalue weighted by atomic mass is 32.2. The van der Waals surface area contributed by atoms with Gasteiger partial charge in [0.25, 0.3) is 0 Å². The quantitative estimate of drug-likeness (QED) is 0.256. The number of carbonyl (C=O) groups excluding carboxylic acids is 1. The molecule has 0 aromatic heterocycles. The zero-order valence-electron chi connectivity index (χ0n) is 15.6. The highest BCUT2D eigenvalue weighted by Crippen LogP contribution is 2.36. The summed E-state index contributed by atoms with van der Waals surface area (Å²) < 4.78 is 0. The van der Waals surface area contributed by atoms with Crippen LogP contribution in [0.3, 0.4) is 0 Å². The van der Waals surface area contributed by atoms with E-state index in [1.165, 1.54) is 5.56 Å². The Morgan fingerprint density at radius 2 is 1.88 bits per heavy atom. The minimum atomic E-state index is -0.272. The van der Waals surface area contributed by atoms with Crippen molar-refractivity contribution in [2.45, 2.75) is 50.8 Å². The summed E-state index contributed by atoms with van der Waals surface area (Å²) in [7, 11) is 0. The molecule has 138 valence electrons. The molecule has 3 nitrogen and oxygen atoms in total. The van der Waals surface area contributed by atoms with Crippen molar-refractivity contribution in [3.63, 3.8) is 0 Å². The molecule has 2 aromatic rings. The Balaban J connectivity index is 2.22. The molecule has 0 heterocycles. The molecule has 1 atom stereocenters. The zero-order valence-corrected chi connectivity index (χ0v) is 16.4. The third kappa shape index (κ3) is 5.53. The highest BCUT2D eigenvalue weighted by Gasteiger charge is 2.27. The van der Waals surface area contributed by atoms with Crippen LogP contribution < -0.4 is 0 Å². The molecule has 0 fully saturated rings. The molecule has 0 amide bonds. The van der Waals surface area contributed by atoms with E-state index in [1.807, 2.05) is 30.3 Å². The van der Waals surface area contributed by atoms with Crippen molar-refractivity contribution in [3.05, 3.63) is 64.6 Å². The van der Waals surface area contributed by atoms with E-state index in [-0.39, 0.29) is 5.41 Å². The minimum absolute atomic E-state index is 0.272. The fourth-order valence-corrected chi connectivity index (χ4v) is 4.34. The van der Waals surface area contributed by atoms with Gasteiger partial charge in [-0.25, -0.2) is 0 Å². The lowest BCUT2D eigenvalue weighted by Crippen LogP contribution is -2.24. The molecule has 26 heavy (non-hydrogen) atoms. The molecule has 1 unspecified atom stereocenters. The third-order valence-corrected chi connectivity index (χ3v) is 6.31. The number of benzene rings is 2. The predicted octanol–water partition coefficient (Wildman–Crippen LogP) is 6.55. The first kappa shape index (κ1) is 20.4. The molecule has 0 aliphatic heterocycles. The summed E-state index contributed by atoms with van der Waals surface area (Å²) in [6.07, 6.45) is 5.84. The van der Waals surface area contributed by atoms with E-state index in [1.54, 1.807) is 17.8 Å². The number of hydrogen-bond acceptors (Lipinski definition) is 4. The number of nitrogens with zero attached hydrogens (tertiary/aromatic N) is 1. The van der Waals surface area contributed by atoms with Gasteiger partial charge in [-0.15, -0.1) is 16.7 Å². The lowest BCUT2D eigenvalue weighted by Gasteiger charge is -2.26. The molecular formula is C22H27NO2S. The van der Waals surface area contributed by atoms with Gasteiger partial charge < -0.3 is 4.79 Å². The molecule has 0 saturated carbocycles. The second kappa shape index (κ2) is 10.3. The molecule has 0 aliphatic carbocycles. The first-order valence-electron chi connectivity index (χ1n) is 9.25. The zero-order chi connectivity index (χ0) is 18.8. The Morgan fingerprint density at radius 1 is 1.12 bits per heavy atom. The molecule has 2 rings (SSSR count). The van der Waals surface area contributed by atoms with Crippen molar-refractivity contribution < 1.29 is 4.79 Å². The van der Waals surface area contributed by atoms with Crippen LogP contribution in [-0.4, -0.2) is 12.0 Å². The summed E-state index contributed by atoms with van der Waals surface area (Å²) in [6.45, 7) is 4.25. The molecule has 0 aliphatic rings. The van der Waals surface area contributed by atoms with E-state index in [0.29, 0.717) is 5.69 Å². The van der Waals surface area contributed by atoms with Gasteiger partial charge in [0.05, 0.1) is 0 Å². The summed E-state index contributed by atoms with van der Waals surface area (Å²) >= 11 is 1.72. The van der Waals surface area contributed by atoms with Gasteiger partial charge >= 0.3 is 0 Å². The number of nitroso groups, excluding NO2 is 1. The maximum atomic E-state index is 11.8. The summed E-state index contributed by atoms with van der Waals surface area (Å²) in [5.41, 5.74) is 2.46. The lowest BCUT2D eigenvalue weighted by molar-refractivity contribution is -0.115. The van der Waals surface area contributed by atoms with Crippen LogP contribution in [0.25, 0.3) is 0 Å². The molecule has 4 heteroatoms. The Bertz CT molecular complexity index is 717. The van der Waals surface area contributed by atoms with Crippen LogP contribution in [0.1, 0.15) is 50.7 Å². The average molecular weight is 370 g/mol. The number of thioether (sulfide) groups is 1. The Hall–Kier alpha value is -1.94. The number of unbranched alkanes of at least 4 members (excludes halogenated alkanes) is 1. The van der Waals surface area contributed by atoms with Gasteiger partial charge in [0.2, 0.25) is 0 Å². The summed E-state index contributed by atoms with van der Waals surface area (Å²) in [5.74, 6) is 0.767. The van der Waals surface area contributed by atoms with Crippen molar-refractivity contribution in [2.24, 2.45) is 10.6 Å². The van der Waals surface area contributed by atoms with Crippen LogP contribution in [0.2, 0.25) is 0 Å². The van der Waals surface area contributed by atoms with E-state index in [2.05, 4.69) is 31.2 Å². The number of rotatable bonds is 11. The van der Waals surface area contributed by atoms with Crippen molar-refractivity contribution in [1.29, 1.82) is 0 Å². The van der Waals surface area contributed by atoms with Gasteiger partial charge in [-0.1, -0.05) is 57.0 Å². The Kier molecular flexibility index (Phi) is 8.05. The van der Waals surface area contributed by atoms with Gasteiger partial charge in [-0.3, -0.25) is 0 Å². The van der Waals surface area contributed by atoms with Gasteiger partial charge in [0.1, 0.15) is 12.0 Å².